The molecule has 0 saturated carbocycles. The number of pyridine rings is 1. The number of aromatic nitrogens is 1. The third kappa shape index (κ3) is 2.86. The number of aromatic carboxylic acids is 1. The lowest BCUT2D eigenvalue weighted by molar-refractivity contribution is 0.0696. The van der Waals surface area contributed by atoms with Crippen LogP contribution < -0.4 is 5.32 Å². The molecule has 1 unspecified atom stereocenters. The summed E-state index contributed by atoms with van der Waals surface area (Å²) >= 11 is 5.82. The van der Waals surface area contributed by atoms with Crippen LogP contribution in [0.25, 0.3) is 0 Å². The fourth-order valence-electron chi connectivity index (χ4n) is 0.908. The van der Waals surface area contributed by atoms with Gasteiger partial charge in [-0.25, -0.2) is 9.78 Å². The van der Waals surface area contributed by atoms with E-state index in [1.165, 1.54) is 12.3 Å². The number of rotatable bonds is 3. The number of carboxylic acid groups (broad SMARTS) is 1. The highest BCUT2D eigenvalue weighted by Crippen LogP contribution is 2.20. The summed E-state index contributed by atoms with van der Waals surface area (Å²) < 4.78 is 0. The Morgan fingerprint density at radius 3 is 2.93 bits per heavy atom. The number of terminal acetylenes is 1. The zero-order valence-electron chi connectivity index (χ0n) is 7.99. The maximum atomic E-state index is 10.6. The predicted octanol–water partition coefficient (Wildman–Crippen LogP) is 1.87. The van der Waals surface area contributed by atoms with Crippen LogP contribution in [0.2, 0.25) is 5.02 Å². The van der Waals surface area contributed by atoms with Gasteiger partial charge in [-0.1, -0.05) is 17.5 Å². The number of nitrogens with one attached hydrogen (secondary N) is 1. The molecule has 4 nitrogen and oxygen atoms in total. The van der Waals surface area contributed by atoms with E-state index in [1.807, 2.05) is 0 Å². The van der Waals surface area contributed by atoms with E-state index in [0.717, 1.165) is 0 Å². The predicted molar refractivity (Wildman–Crippen MR) is 58.1 cm³/mol. The molecule has 0 saturated heterocycles. The molecule has 0 radical (unpaired) electrons. The normalized spacial score (nSPS) is 11.5. The molecule has 0 amide bonds. The van der Waals surface area contributed by atoms with Crippen LogP contribution in [0.4, 0.5) is 5.82 Å². The van der Waals surface area contributed by atoms with Crippen molar-refractivity contribution < 1.29 is 9.90 Å². The Bertz CT molecular complexity index is 426. The molecule has 0 fully saturated rings. The van der Waals surface area contributed by atoms with E-state index in [2.05, 4.69) is 16.2 Å². The van der Waals surface area contributed by atoms with E-state index >= 15 is 0 Å². The fraction of sp³-hybridized carbons (Fsp3) is 0.200. The number of halogens is 1. The second-order valence-electron chi connectivity index (χ2n) is 2.89. The van der Waals surface area contributed by atoms with Crippen molar-refractivity contribution in [2.75, 3.05) is 5.32 Å². The number of nitrogens with zero attached hydrogens (tertiary/aromatic N) is 1. The molecule has 1 heterocycles. The van der Waals surface area contributed by atoms with Crippen LogP contribution in [0.3, 0.4) is 0 Å². The van der Waals surface area contributed by atoms with Gasteiger partial charge in [0.1, 0.15) is 5.82 Å². The largest absolute Gasteiger partial charge is 0.478 e. The van der Waals surface area contributed by atoms with Crippen LogP contribution in [0.1, 0.15) is 17.3 Å². The molecule has 1 atom stereocenters. The lowest BCUT2D eigenvalue weighted by Gasteiger charge is -2.09. The molecule has 0 bridgehead atoms. The van der Waals surface area contributed by atoms with E-state index in [0.29, 0.717) is 5.82 Å². The summed E-state index contributed by atoms with van der Waals surface area (Å²) in [7, 11) is 0. The fourth-order valence-corrected chi connectivity index (χ4v) is 1.13. The van der Waals surface area contributed by atoms with Gasteiger partial charge in [0.15, 0.2) is 0 Å². The standard InChI is InChI=1S/C10H9ClN2O2/c1-3-6(2)13-9-8(11)4-7(5-12-9)10(14)15/h1,4-6H,2H3,(H,12,13)(H,14,15). The number of hydrogen-bond acceptors (Lipinski definition) is 3. The van der Waals surface area contributed by atoms with Gasteiger partial charge >= 0.3 is 5.97 Å². The summed E-state index contributed by atoms with van der Waals surface area (Å²) in [4.78, 5) is 14.5. The SMILES string of the molecule is C#CC(C)Nc1ncc(C(=O)O)cc1Cl. The first kappa shape index (κ1) is 11.3. The van der Waals surface area contributed by atoms with Crippen molar-refractivity contribution in [2.24, 2.45) is 0 Å². The van der Waals surface area contributed by atoms with Crippen LogP contribution in [0.5, 0.6) is 0 Å². The Morgan fingerprint density at radius 2 is 2.47 bits per heavy atom. The Balaban J connectivity index is 2.94. The molecule has 15 heavy (non-hydrogen) atoms. The van der Waals surface area contributed by atoms with Crippen molar-refractivity contribution in [3.8, 4) is 12.3 Å². The first-order valence-electron chi connectivity index (χ1n) is 4.16. The molecule has 0 spiro atoms. The van der Waals surface area contributed by atoms with Crippen molar-refractivity contribution in [1.82, 2.24) is 4.98 Å². The highest BCUT2D eigenvalue weighted by molar-refractivity contribution is 6.33. The van der Waals surface area contributed by atoms with Gasteiger partial charge in [0.25, 0.3) is 0 Å². The number of carbonyl (C=O) groups is 1. The Morgan fingerprint density at radius 1 is 1.80 bits per heavy atom. The second-order valence-corrected chi connectivity index (χ2v) is 3.30. The molecule has 5 heteroatoms. The van der Waals surface area contributed by atoms with Gasteiger partial charge in [0, 0.05) is 6.20 Å². The quantitative estimate of drug-likeness (QED) is 0.770. The molecule has 78 valence electrons. The molecular formula is C10H9ClN2O2. The van der Waals surface area contributed by atoms with E-state index in [1.54, 1.807) is 6.92 Å². The zero-order valence-corrected chi connectivity index (χ0v) is 8.75. The van der Waals surface area contributed by atoms with Crippen LogP contribution in [0, 0.1) is 12.3 Å². The number of anilines is 1. The number of carboxylic acids is 1. The van der Waals surface area contributed by atoms with E-state index in [-0.39, 0.29) is 16.6 Å². The van der Waals surface area contributed by atoms with Crippen molar-refractivity contribution in [3.63, 3.8) is 0 Å². The summed E-state index contributed by atoms with van der Waals surface area (Å²) in [6.45, 7) is 1.77. The third-order valence-corrected chi connectivity index (χ3v) is 1.98. The van der Waals surface area contributed by atoms with Crippen LogP contribution >= 0.6 is 11.6 Å². The van der Waals surface area contributed by atoms with Crippen molar-refractivity contribution in [1.29, 1.82) is 0 Å². The molecule has 1 rings (SSSR count). The van der Waals surface area contributed by atoms with Gasteiger partial charge in [0.05, 0.1) is 16.6 Å². The molecular weight excluding hydrogens is 216 g/mol. The van der Waals surface area contributed by atoms with Gasteiger partial charge < -0.3 is 10.4 Å². The molecule has 2 N–H and O–H groups in total. The average molecular weight is 225 g/mol. The van der Waals surface area contributed by atoms with Gasteiger partial charge in [-0.3, -0.25) is 0 Å². The Hall–Kier alpha value is -1.73. The van der Waals surface area contributed by atoms with E-state index in [4.69, 9.17) is 23.1 Å². The smallest absolute Gasteiger partial charge is 0.337 e. The van der Waals surface area contributed by atoms with Crippen LogP contribution in [-0.2, 0) is 0 Å². The minimum atomic E-state index is -1.07. The first-order valence-corrected chi connectivity index (χ1v) is 4.54. The maximum absolute atomic E-state index is 10.6. The summed E-state index contributed by atoms with van der Waals surface area (Å²) in [5.74, 6) is 1.76. The minimum Gasteiger partial charge on any atom is -0.478 e. The summed E-state index contributed by atoms with van der Waals surface area (Å²) in [6, 6.07) is 1.10. The van der Waals surface area contributed by atoms with Gasteiger partial charge in [0.2, 0.25) is 0 Å². The zero-order chi connectivity index (χ0) is 11.4. The van der Waals surface area contributed by atoms with Gasteiger partial charge in [-0.2, -0.15) is 0 Å². The van der Waals surface area contributed by atoms with Crippen molar-refractivity contribution in [3.05, 3.63) is 22.8 Å². The highest BCUT2D eigenvalue weighted by Gasteiger charge is 2.09. The summed E-state index contributed by atoms with van der Waals surface area (Å²) in [5.41, 5.74) is 0.0407. The topological polar surface area (TPSA) is 62.2 Å². The Kier molecular flexibility index (Phi) is 3.53. The maximum Gasteiger partial charge on any atom is 0.337 e. The van der Waals surface area contributed by atoms with Gasteiger partial charge in [-0.15, -0.1) is 6.42 Å². The lowest BCUT2D eigenvalue weighted by Crippen LogP contribution is -2.14. The molecule has 1 aromatic rings. The molecule has 0 aromatic carbocycles. The number of hydrogen-bond donors (Lipinski definition) is 2. The van der Waals surface area contributed by atoms with E-state index < -0.39 is 5.97 Å². The average Bonchev–Trinajstić information content (AvgIpc) is 2.20. The highest BCUT2D eigenvalue weighted by atomic mass is 35.5. The molecule has 0 aliphatic carbocycles. The van der Waals surface area contributed by atoms with E-state index in [9.17, 15) is 4.79 Å². The van der Waals surface area contributed by atoms with Crippen LogP contribution in [-0.4, -0.2) is 22.1 Å². The van der Waals surface area contributed by atoms with Crippen LogP contribution in [0.15, 0.2) is 12.3 Å². The Labute approximate surface area is 92.3 Å². The molecule has 1 aromatic heterocycles. The van der Waals surface area contributed by atoms with Crippen molar-refractivity contribution >= 4 is 23.4 Å². The van der Waals surface area contributed by atoms with Crippen molar-refractivity contribution in [2.45, 2.75) is 13.0 Å². The molecule has 0 aliphatic rings. The second kappa shape index (κ2) is 4.67. The summed E-state index contributed by atoms with van der Waals surface area (Å²) in [6.07, 6.45) is 6.39. The minimum absolute atomic E-state index is 0.0407. The monoisotopic (exact) mass is 224 g/mol. The molecule has 0 aliphatic heterocycles. The lowest BCUT2D eigenvalue weighted by atomic mass is 10.3. The first-order chi connectivity index (χ1) is 7.04. The summed E-state index contributed by atoms with van der Waals surface area (Å²) in [5, 5.41) is 11.8. The van der Waals surface area contributed by atoms with Gasteiger partial charge in [-0.05, 0) is 13.0 Å². The third-order valence-electron chi connectivity index (χ3n) is 1.69.